The summed E-state index contributed by atoms with van der Waals surface area (Å²) in [5.41, 5.74) is 1.94. The maximum atomic E-state index is 13.1. The van der Waals surface area contributed by atoms with Crippen molar-refractivity contribution in [3.05, 3.63) is 90.6 Å². The minimum absolute atomic E-state index is 0.0226. The number of rotatable bonds is 7. The SMILES string of the molecule is O=C(Nc1cccc(OCc2nnc(-c3ccc(F)cc3)o2)c1)[C@@H]1CC(=O)N(c2ccccc2)C1. The van der Waals surface area contributed by atoms with E-state index >= 15 is 0 Å². The molecule has 5 rings (SSSR count). The summed E-state index contributed by atoms with van der Waals surface area (Å²) in [6.45, 7) is 0.354. The molecule has 0 bridgehead atoms. The summed E-state index contributed by atoms with van der Waals surface area (Å²) in [5, 5.41) is 10.8. The summed E-state index contributed by atoms with van der Waals surface area (Å²) in [6.07, 6.45) is 0.157. The second kappa shape index (κ2) is 9.76. The number of hydrogen-bond acceptors (Lipinski definition) is 6. The van der Waals surface area contributed by atoms with E-state index in [9.17, 15) is 14.0 Å². The molecule has 1 saturated heterocycles. The molecule has 0 saturated carbocycles. The first-order valence-corrected chi connectivity index (χ1v) is 11.0. The third-order valence-electron chi connectivity index (χ3n) is 5.59. The Labute approximate surface area is 200 Å². The number of carbonyl (C=O) groups is 2. The first-order valence-electron chi connectivity index (χ1n) is 11.0. The van der Waals surface area contributed by atoms with E-state index in [-0.39, 0.29) is 42.4 Å². The van der Waals surface area contributed by atoms with Crippen molar-refractivity contribution >= 4 is 23.2 Å². The summed E-state index contributed by atoms with van der Waals surface area (Å²) < 4.78 is 24.4. The van der Waals surface area contributed by atoms with Gasteiger partial charge in [-0.25, -0.2) is 4.39 Å². The predicted octanol–water partition coefficient (Wildman–Crippen LogP) is 4.45. The van der Waals surface area contributed by atoms with Crippen LogP contribution < -0.4 is 15.0 Å². The van der Waals surface area contributed by atoms with Gasteiger partial charge < -0.3 is 19.4 Å². The number of para-hydroxylation sites is 1. The van der Waals surface area contributed by atoms with Crippen molar-refractivity contribution < 1.29 is 23.1 Å². The maximum Gasteiger partial charge on any atom is 0.254 e. The lowest BCUT2D eigenvalue weighted by Gasteiger charge is -2.16. The minimum atomic E-state index is -0.449. The lowest BCUT2D eigenvalue weighted by atomic mass is 10.1. The van der Waals surface area contributed by atoms with Gasteiger partial charge in [0.2, 0.25) is 17.7 Å². The number of amides is 2. The zero-order valence-electron chi connectivity index (χ0n) is 18.6. The van der Waals surface area contributed by atoms with Crippen LogP contribution in [-0.4, -0.2) is 28.6 Å². The minimum Gasteiger partial charge on any atom is -0.484 e. The Kier molecular flexibility index (Phi) is 6.21. The highest BCUT2D eigenvalue weighted by atomic mass is 19.1. The Hall–Kier alpha value is -4.53. The molecule has 1 aliphatic heterocycles. The Morgan fingerprint density at radius 2 is 1.86 bits per heavy atom. The number of ether oxygens (including phenoxy) is 1. The lowest BCUT2D eigenvalue weighted by Crippen LogP contribution is -2.28. The number of anilines is 2. The van der Waals surface area contributed by atoms with E-state index in [4.69, 9.17) is 9.15 Å². The quantitative estimate of drug-likeness (QED) is 0.427. The molecule has 1 atom stereocenters. The number of aromatic nitrogens is 2. The van der Waals surface area contributed by atoms with Gasteiger partial charge in [-0.3, -0.25) is 9.59 Å². The molecular weight excluding hydrogens is 451 g/mol. The topological polar surface area (TPSA) is 97.6 Å². The number of nitrogens with one attached hydrogen (secondary N) is 1. The summed E-state index contributed by atoms with van der Waals surface area (Å²) >= 11 is 0. The van der Waals surface area contributed by atoms with Crippen LogP contribution >= 0.6 is 0 Å². The molecule has 4 aromatic rings. The number of carbonyl (C=O) groups excluding carboxylic acids is 2. The van der Waals surface area contributed by atoms with Crippen LogP contribution in [0.4, 0.5) is 15.8 Å². The molecule has 1 N–H and O–H groups in total. The standard InChI is InChI=1S/C26H21FN4O4/c27-19-11-9-17(10-12-19)26-30-29-23(35-26)16-34-22-8-4-5-20(14-22)28-25(33)18-13-24(32)31(15-18)21-6-2-1-3-7-21/h1-12,14,18H,13,15-16H2,(H,28,33)/t18-/m1/s1. The van der Waals surface area contributed by atoms with Crippen LogP contribution in [0, 0.1) is 11.7 Å². The van der Waals surface area contributed by atoms with Gasteiger partial charge in [-0.15, -0.1) is 10.2 Å². The average molecular weight is 472 g/mol. The highest BCUT2D eigenvalue weighted by Gasteiger charge is 2.35. The molecule has 35 heavy (non-hydrogen) atoms. The summed E-state index contributed by atoms with van der Waals surface area (Å²) in [4.78, 5) is 26.8. The summed E-state index contributed by atoms with van der Waals surface area (Å²) in [5.74, 6) is -0.0857. The summed E-state index contributed by atoms with van der Waals surface area (Å²) in [6, 6.07) is 22.0. The Balaban J connectivity index is 1.18. The Bertz CT molecular complexity index is 1340. The third kappa shape index (κ3) is 5.19. The van der Waals surface area contributed by atoms with Crippen LogP contribution in [0.1, 0.15) is 12.3 Å². The smallest absolute Gasteiger partial charge is 0.254 e. The predicted molar refractivity (Wildman–Crippen MR) is 126 cm³/mol. The van der Waals surface area contributed by atoms with Gasteiger partial charge in [0.1, 0.15) is 11.6 Å². The average Bonchev–Trinajstić information content (AvgIpc) is 3.51. The number of benzene rings is 3. The highest BCUT2D eigenvalue weighted by molar-refractivity contribution is 6.03. The summed E-state index contributed by atoms with van der Waals surface area (Å²) in [7, 11) is 0. The fraction of sp³-hybridized carbons (Fsp3) is 0.154. The fourth-order valence-corrected chi connectivity index (χ4v) is 3.81. The Morgan fingerprint density at radius 3 is 2.66 bits per heavy atom. The van der Waals surface area contributed by atoms with Crippen molar-refractivity contribution in [2.75, 3.05) is 16.8 Å². The van der Waals surface area contributed by atoms with E-state index < -0.39 is 5.92 Å². The second-order valence-corrected chi connectivity index (χ2v) is 8.05. The molecule has 1 aliphatic rings. The van der Waals surface area contributed by atoms with Gasteiger partial charge in [-0.2, -0.15) is 0 Å². The first kappa shape index (κ1) is 22.3. The Morgan fingerprint density at radius 1 is 1.06 bits per heavy atom. The molecule has 0 aliphatic carbocycles. The number of halogens is 1. The van der Waals surface area contributed by atoms with Crippen LogP contribution in [-0.2, 0) is 16.2 Å². The molecule has 0 radical (unpaired) electrons. The largest absolute Gasteiger partial charge is 0.484 e. The molecule has 3 aromatic carbocycles. The van der Waals surface area contributed by atoms with Crippen molar-refractivity contribution in [1.82, 2.24) is 10.2 Å². The van der Waals surface area contributed by atoms with Gasteiger partial charge in [-0.1, -0.05) is 24.3 Å². The van der Waals surface area contributed by atoms with E-state index in [0.29, 0.717) is 23.5 Å². The fourth-order valence-electron chi connectivity index (χ4n) is 3.81. The molecular formula is C26H21FN4O4. The van der Waals surface area contributed by atoms with Gasteiger partial charge in [0.05, 0.1) is 5.92 Å². The zero-order valence-corrected chi connectivity index (χ0v) is 18.6. The molecule has 1 fully saturated rings. The van der Waals surface area contributed by atoms with Crippen molar-refractivity contribution in [3.8, 4) is 17.2 Å². The van der Waals surface area contributed by atoms with Gasteiger partial charge in [0, 0.05) is 36.0 Å². The molecule has 1 aromatic heterocycles. The van der Waals surface area contributed by atoms with Crippen LogP contribution in [0.3, 0.4) is 0 Å². The molecule has 0 unspecified atom stereocenters. The third-order valence-corrected chi connectivity index (χ3v) is 5.59. The van der Waals surface area contributed by atoms with Crippen molar-refractivity contribution in [2.45, 2.75) is 13.0 Å². The molecule has 0 spiro atoms. The van der Waals surface area contributed by atoms with E-state index in [1.54, 1.807) is 41.3 Å². The second-order valence-electron chi connectivity index (χ2n) is 8.05. The van der Waals surface area contributed by atoms with Crippen LogP contribution in [0.5, 0.6) is 5.75 Å². The van der Waals surface area contributed by atoms with Crippen molar-refractivity contribution in [1.29, 1.82) is 0 Å². The van der Waals surface area contributed by atoms with Crippen LogP contribution in [0.2, 0.25) is 0 Å². The van der Waals surface area contributed by atoms with E-state index in [2.05, 4.69) is 15.5 Å². The monoisotopic (exact) mass is 472 g/mol. The van der Waals surface area contributed by atoms with Gasteiger partial charge in [0.25, 0.3) is 5.89 Å². The van der Waals surface area contributed by atoms with Crippen molar-refractivity contribution in [2.24, 2.45) is 5.92 Å². The lowest BCUT2D eigenvalue weighted by molar-refractivity contribution is -0.122. The zero-order chi connectivity index (χ0) is 24.2. The highest BCUT2D eigenvalue weighted by Crippen LogP contribution is 2.27. The van der Waals surface area contributed by atoms with Gasteiger partial charge in [-0.05, 0) is 48.5 Å². The van der Waals surface area contributed by atoms with E-state index in [1.165, 1.54) is 12.1 Å². The van der Waals surface area contributed by atoms with E-state index in [1.807, 2.05) is 30.3 Å². The van der Waals surface area contributed by atoms with Crippen LogP contribution in [0.25, 0.3) is 11.5 Å². The van der Waals surface area contributed by atoms with Gasteiger partial charge >= 0.3 is 0 Å². The normalized spacial score (nSPS) is 15.3. The molecule has 2 amide bonds. The molecule has 8 nitrogen and oxygen atoms in total. The first-order chi connectivity index (χ1) is 17.0. The van der Waals surface area contributed by atoms with Crippen LogP contribution in [0.15, 0.2) is 83.3 Å². The van der Waals surface area contributed by atoms with Crippen molar-refractivity contribution in [3.63, 3.8) is 0 Å². The van der Waals surface area contributed by atoms with E-state index in [0.717, 1.165) is 5.69 Å². The number of nitrogens with zero attached hydrogens (tertiary/aromatic N) is 3. The maximum absolute atomic E-state index is 13.1. The number of hydrogen-bond donors (Lipinski definition) is 1. The molecule has 176 valence electrons. The van der Waals surface area contributed by atoms with Gasteiger partial charge in [0.15, 0.2) is 6.61 Å². The molecule has 2 heterocycles. The molecule has 9 heteroatoms.